The van der Waals surface area contributed by atoms with E-state index >= 15 is 0 Å². The molecule has 0 aliphatic heterocycles. The molecule has 0 bridgehead atoms. The Morgan fingerprint density at radius 2 is 2.04 bits per heavy atom. The van der Waals surface area contributed by atoms with Gasteiger partial charge in [0.05, 0.1) is 0 Å². The molecule has 0 spiro atoms. The summed E-state index contributed by atoms with van der Waals surface area (Å²) >= 11 is 5.97. The summed E-state index contributed by atoms with van der Waals surface area (Å²) in [6.45, 7) is 0.347. The van der Waals surface area contributed by atoms with Crippen molar-refractivity contribution in [2.45, 2.75) is 37.8 Å². The van der Waals surface area contributed by atoms with E-state index in [2.05, 4.69) is 10.6 Å². The van der Waals surface area contributed by atoms with Crippen molar-refractivity contribution in [2.24, 2.45) is 5.73 Å². The largest absolute Gasteiger partial charge is 0.388 e. The number of benzene rings is 2. The van der Waals surface area contributed by atoms with Gasteiger partial charge >= 0.3 is 0 Å². The molecular weight excluding hydrogens is 372 g/mol. The highest BCUT2D eigenvalue weighted by molar-refractivity contribution is 6.30. The van der Waals surface area contributed by atoms with E-state index < -0.39 is 17.7 Å². The van der Waals surface area contributed by atoms with Crippen LogP contribution in [0.25, 0.3) is 0 Å². The quantitative estimate of drug-likeness (QED) is 0.700. The van der Waals surface area contributed by atoms with Crippen LogP contribution in [0, 0.1) is 11.6 Å². The average Bonchev–Trinajstić information content (AvgIpc) is 3.03. The summed E-state index contributed by atoms with van der Waals surface area (Å²) in [7, 11) is 1.78. The second-order valence-corrected chi connectivity index (χ2v) is 7.24. The lowest BCUT2D eigenvalue weighted by molar-refractivity contribution is -0.121. The molecule has 2 aromatic rings. The Hall–Kier alpha value is -2.18. The van der Waals surface area contributed by atoms with Gasteiger partial charge in [-0.15, -0.1) is 0 Å². The zero-order valence-corrected chi connectivity index (χ0v) is 15.7. The molecule has 0 saturated heterocycles. The third kappa shape index (κ3) is 4.39. The SMILES string of the molecule is CNc1cc(Cl)ccc1CNC(=O)CC(N)C1CCc2cc(F)c(F)cc21. The second-order valence-electron chi connectivity index (χ2n) is 6.81. The minimum absolute atomic E-state index is 0.117. The van der Waals surface area contributed by atoms with Crippen LogP contribution in [-0.2, 0) is 17.8 Å². The normalized spacial score (nSPS) is 16.7. The van der Waals surface area contributed by atoms with Gasteiger partial charge in [-0.05, 0) is 53.8 Å². The minimum atomic E-state index is -0.875. The van der Waals surface area contributed by atoms with E-state index in [9.17, 15) is 13.6 Å². The first-order valence-corrected chi connectivity index (χ1v) is 9.23. The molecule has 1 amide bonds. The summed E-state index contributed by atoms with van der Waals surface area (Å²) < 4.78 is 26.9. The van der Waals surface area contributed by atoms with Gasteiger partial charge in [0.1, 0.15) is 0 Å². The number of carbonyl (C=O) groups is 1. The molecule has 1 aliphatic rings. The molecule has 0 aromatic heterocycles. The Kier molecular flexibility index (Phi) is 5.97. The van der Waals surface area contributed by atoms with Crippen molar-refractivity contribution in [1.29, 1.82) is 0 Å². The molecule has 7 heteroatoms. The number of fused-ring (bicyclic) bond motifs is 1. The second kappa shape index (κ2) is 8.23. The maximum Gasteiger partial charge on any atom is 0.221 e. The lowest BCUT2D eigenvalue weighted by Crippen LogP contribution is -2.35. The molecule has 4 nitrogen and oxygen atoms in total. The van der Waals surface area contributed by atoms with Crippen molar-refractivity contribution in [1.82, 2.24) is 5.32 Å². The third-order valence-electron chi connectivity index (χ3n) is 5.06. The molecule has 2 aromatic carbocycles. The molecule has 27 heavy (non-hydrogen) atoms. The number of rotatable bonds is 6. The number of aryl methyl sites for hydroxylation is 1. The van der Waals surface area contributed by atoms with Crippen LogP contribution >= 0.6 is 11.6 Å². The molecule has 3 rings (SSSR count). The summed E-state index contributed by atoms with van der Waals surface area (Å²) in [6, 6.07) is 7.39. The summed E-state index contributed by atoms with van der Waals surface area (Å²) in [4.78, 5) is 12.3. The highest BCUT2D eigenvalue weighted by Gasteiger charge is 2.30. The van der Waals surface area contributed by atoms with E-state index in [1.807, 2.05) is 6.07 Å². The number of carbonyl (C=O) groups excluding carboxylic acids is 1. The number of halogens is 3. The van der Waals surface area contributed by atoms with Gasteiger partial charge in [-0.3, -0.25) is 4.79 Å². The van der Waals surface area contributed by atoms with Crippen LogP contribution in [0.1, 0.15) is 35.4 Å². The zero-order valence-electron chi connectivity index (χ0n) is 15.0. The fourth-order valence-corrected chi connectivity index (χ4v) is 3.81. The van der Waals surface area contributed by atoms with Gasteiger partial charge in [-0.1, -0.05) is 17.7 Å². The van der Waals surface area contributed by atoms with E-state index in [0.717, 1.165) is 16.8 Å². The summed E-state index contributed by atoms with van der Waals surface area (Å²) in [6.07, 6.45) is 1.45. The highest BCUT2D eigenvalue weighted by atomic mass is 35.5. The van der Waals surface area contributed by atoms with Crippen LogP contribution in [0.2, 0.25) is 5.02 Å². The van der Waals surface area contributed by atoms with Gasteiger partial charge < -0.3 is 16.4 Å². The van der Waals surface area contributed by atoms with Gasteiger partial charge in [0.25, 0.3) is 0 Å². The highest BCUT2D eigenvalue weighted by Crippen LogP contribution is 2.36. The van der Waals surface area contributed by atoms with E-state index in [0.29, 0.717) is 30.0 Å². The molecular formula is C20H22ClF2N3O. The van der Waals surface area contributed by atoms with Crippen LogP contribution in [-0.4, -0.2) is 19.0 Å². The molecule has 2 atom stereocenters. The maximum atomic E-state index is 13.6. The Labute approximate surface area is 162 Å². The molecule has 144 valence electrons. The number of anilines is 1. The number of nitrogens with two attached hydrogens (primary N) is 1. The zero-order chi connectivity index (χ0) is 19.6. The maximum absolute atomic E-state index is 13.6. The fourth-order valence-electron chi connectivity index (χ4n) is 3.63. The van der Waals surface area contributed by atoms with Crippen molar-refractivity contribution in [2.75, 3.05) is 12.4 Å². The first-order chi connectivity index (χ1) is 12.9. The molecule has 2 unspecified atom stereocenters. The Morgan fingerprint density at radius 3 is 2.78 bits per heavy atom. The van der Waals surface area contributed by atoms with Crippen LogP contribution < -0.4 is 16.4 Å². The lowest BCUT2D eigenvalue weighted by Gasteiger charge is -2.20. The van der Waals surface area contributed by atoms with Gasteiger partial charge in [-0.25, -0.2) is 8.78 Å². The monoisotopic (exact) mass is 393 g/mol. The van der Waals surface area contributed by atoms with Gasteiger partial charge in [0, 0.05) is 42.7 Å². The van der Waals surface area contributed by atoms with Crippen molar-refractivity contribution >= 4 is 23.2 Å². The van der Waals surface area contributed by atoms with E-state index in [1.165, 1.54) is 12.1 Å². The average molecular weight is 394 g/mol. The van der Waals surface area contributed by atoms with E-state index in [1.54, 1.807) is 19.2 Å². The lowest BCUT2D eigenvalue weighted by atomic mass is 9.91. The summed E-state index contributed by atoms with van der Waals surface area (Å²) in [5.74, 6) is -2.05. The molecule has 0 fully saturated rings. The van der Waals surface area contributed by atoms with E-state index in [-0.39, 0.29) is 18.2 Å². The van der Waals surface area contributed by atoms with Crippen LogP contribution in [0.15, 0.2) is 30.3 Å². The number of amides is 1. The van der Waals surface area contributed by atoms with Crippen LogP contribution in [0.4, 0.5) is 14.5 Å². The predicted molar refractivity (Wildman–Crippen MR) is 103 cm³/mol. The van der Waals surface area contributed by atoms with Crippen LogP contribution in [0.5, 0.6) is 0 Å². The number of hydrogen-bond donors (Lipinski definition) is 3. The molecule has 1 aliphatic carbocycles. The standard InChI is InChI=1S/C20H22ClF2N3O/c1-25-19-7-13(21)4-2-12(19)10-26-20(27)9-18(24)14-5-3-11-6-16(22)17(23)8-15(11)14/h2,4,6-8,14,18,25H,3,5,9-10,24H2,1H3,(H,26,27). The van der Waals surface area contributed by atoms with Gasteiger partial charge in [0.2, 0.25) is 5.91 Å². The fraction of sp³-hybridized carbons (Fsp3) is 0.350. The number of nitrogens with one attached hydrogen (secondary N) is 2. The van der Waals surface area contributed by atoms with Crippen molar-refractivity contribution in [3.8, 4) is 0 Å². The molecule has 0 heterocycles. The molecule has 0 saturated carbocycles. The van der Waals surface area contributed by atoms with Crippen molar-refractivity contribution < 1.29 is 13.6 Å². The molecule has 4 N–H and O–H groups in total. The van der Waals surface area contributed by atoms with Crippen molar-refractivity contribution in [3.05, 3.63) is 63.7 Å². The predicted octanol–water partition coefficient (Wildman–Crippen LogP) is 3.72. The minimum Gasteiger partial charge on any atom is -0.388 e. The third-order valence-corrected chi connectivity index (χ3v) is 5.30. The topological polar surface area (TPSA) is 67.1 Å². The number of hydrogen-bond acceptors (Lipinski definition) is 3. The molecule has 0 radical (unpaired) electrons. The first-order valence-electron chi connectivity index (χ1n) is 8.85. The van der Waals surface area contributed by atoms with Crippen molar-refractivity contribution in [3.63, 3.8) is 0 Å². The Morgan fingerprint density at radius 1 is 1.30 bits per heavy atom. The summed E-state index contributed by atoms with van der Waals surface area (Å²) in [5, 5.41) is 6.51. The van der Waals surface area contributed by atoms with Crippen LogP contribution in [0.3, 0.4) is 0 Å². The summed E-state index contributed by atoms with van der Waals surface area (Å²) in [5.41, 5.74) is 9.46. The van der Waals surface area contributed by atoms with Gasteiger partial charge in [0.15, 0.2) is 11.6 Å². The van der Waals surface area contributed by atoms with E-state index in [4.69, 9.17) is 17.3 Å². The Bertz CT molecular complexity index is 859. The Balaban J connectivity index is 1.60. The smallest absolute Gasteiger partial charge is 0.221 e. The first kappa shape index (κ1) is 19.6. The van der Waals surface area contributed by atoms with Gasteiger partial charge in [-0.2, -0.15) is 0 Å².